The zero-order valence-electron chi connectivity index (χ0n) is 38.8. The second-order valence-electron chi connectivity index (χ2n) is 21.3. The number of aromatic amines is 1. The molecule has 6 aromatic carbocycles. The Labute approximate surface area is 378 Å². The molecule has 5 heteroatoms. The number of aromatic nitrogens is 3. The summed E-state index contributed by atoms with van der Waals surface area (Å²) in [6.45, 7) is 23.2. The SMILES string of the molecule is CC(C)(C)c1ccc2c(c1)-c1cc(C(C)(C)C)ccc1C2(c1cccc(N2c3ccccc3C(C)(C)c3cn[nH]c32)c1)c1cccc(N2c3ccccc3C(C)(C)c3ccccc32)n1. The van der Waals surface area contributed by atoms with E-state index in [2.05, 4.69) is 241 Å². The Kier molecular flexibility index (Phi) is 8.54. The van der Waals surface area contributed by atoms with E-state index in [4.69, 9.17) is 4.98 Å². The molecule has 2 aromatic heterocycles. The van der Waals surface area contributed by atoms with E-state index in [-0.39, 0.29) is 21.7 Å². The van der Waals surface area contributed by atoms with Crippen molar-refractivity contribution < 1.29 is 0 Å². The molecule has 2 aliphatic heterocycles. The molecule has 0 saturated carbocycles. The highest BCUT2D eigenvalue weighted by atomic mass is 15.3. The number of pyridine rings is 1. The molecule has 4 heterocycles. The maximum absolute atomic E-state index is 5.93. The molecule has 3 aliphatic rings. The maximum Gasteiger partial charge on any atom is 0.137 e. The topological polar surface area (TPSA) is 48.1 Å². The van der Waals surface area contributed by atoms with Gasteiger partial charge in [0.2, 0.25) is 0 Å². The van der Waals surface area contributed by atoms with E-state index in [1.807, 2.05) is 6.20 Å². The molecule has 1 N–H and O–H groups in total. The van der Waals surface area contributed by atoms with Gasteiger partial charge in [0, 0.05) is 22.1 Å². The first-order chi connectivity index (χ1) is 30.5. The van der Waals surface area contributed by atoms with Crippen LogP contribution in [0.4, 0.5) is 34.4 Å². The molecule has 0 amide bonds. The van der Waals surface area contributed by atoms with E-state index >= 15 is 0 Å². The van der Waals surface area contributed by atoms with E-state index in [0.717, 1.165) is 45.6 Å². The second kappa shape index (κ2) is 13.6. The number of H-pyrrole nitrogens is 1. The minimum Gasteiger partial charge on any atom is -0.295 e. The summed E-state index contributed by atoms with van der Waals surface area (Å²) in [7, 11) is 0. The molecular formula is C59H57N5. The summed E-state index contributed by atoms with van der Waals surface area (Å²) in [6.07, 6.45) is 2.00. The maximum atomic E-state index is 5.93. The predicted octanol–water partition coefficient (Wildman–Crippen LogP) is 15.0. The van der Waals surface area contributed by atoms with Crippen LogP contribution < -0.4 is 9.80 Å². The molecule has 11 rings (SSSR count). The van der Waals surface area contributed by atoms with E-state index < -0.39 is 5.41 Å². The first kappa shape index (κ1) is 40.1. The van der Waals surface area contributed by atoms with Crippen LogP contribution in [0.1, 0.15) is 125 Å². The van der Waals surface area contributed by atoms with Crippen LogP contribution in [0.25, 0.3) is 11.1 Å². The molecule has 318 valence electrons. The highest BCUT2D eigenvalue weighted by Gasteiger charge is 2.49. The molecule has 0 saturated heterocycles. The van der Waals surface area contributed by atoms with Gasteiger partial charge in [0.1, 0.15) is 11.6 Å². The normalized spacial score (nSPS) is 16.3. The first-order valence-electron chi connectivity index (χ1n) is 22.8. The van der Waals surface area contributed by atoms with Gasteiger partial charge in [-0.1, -0.05) is 178 Å². The Balaban J connectivity index is 1.21. The Hall–Kier alpha value is -6.72. The molecule has 1 aliphatic carbocycles. The molecule has 0 spiro atoms. The molecule has 0 bridgehead atoms. The largest absolute Gasteiger partial charge is 0.295 e. The van der Waals surface area contributed by atoms with Crippen molar-refractivity contribution in [2.24, 2.45) is 0 Å². The summed E-state index contributed by atoms with van der Waals surface area (Å²) in [5.74, 6) is 1.89. The summed E-state index contributed by atoms with van der Waals surface area (Å²) in [5.41, 5.74) is 18.1. The van der Waals surface area contributed by atoms with Gasteiger partial charge in [-0.05, 0) is 109 Å². The first-order valence-corrected chi connectivity index (χ1v) is 22.8. The lowest BCUT2D eigenvalue weighted by molar-refractivity contribution is 0.589. The third-order valence-corrected chi connectivity index (χ3v) is 14.7. The van der Waals surface area contributed by atoms with Gasteiger partial charge in [0.25, 0.3) is 0 Å². The predicted molar refractivity (Wildman–Crippen MR) is 265 cm³/mol. The number of anilines is 6. The van der Waals surface area contributed by atoms with Gasteiger partial charge in [0.15, 0.2) is 0 Å². The quantitative estimate of drug-likeness (QED) is 0.192. The van der Waals surface area contributed by atoms with Gasteiger partial charge in [-0.2, -0.15) is 5.10 Å². The average Bonchev–Trinajstić information content (AvgIpc) is 3.89. The number of para-hydroxylation sites is 3. The fraction of sp³-hybridized carbons (Fsp3) is 0.254. The fourth-order valence-electron chi connectivity index (χ4n) is 11.2. The number of hydrogen-bond acceptors (Lipinski definition) is 4. The van der Waals surface area contributed by atoms with Gasteiger partial charge in [-0.25, -0.2) is 4.98 Å². The van der Waals surface area contributed by atoms with Crippen molar-refractivity contribution in [3.05, 3.63) is 214 Å². The fourth-order valence-corrected chi connectivity index (χ4v) is 11.2. The number of hydrogen-bond donors (Lipinski definition) is 1. The minimum atomic E-state index is -0.775. The van der Waals surface area contributed by atoms with Gasteiger partial charge in [-0.3, -0.25) is 14.9 Å². The van der Waals surface area contributed by atoms with Gasteiger partial charge < -0.3 is 0 Å². The Morgan fingerprint density at radius 3 is 1.52 bits per heavy atom. The van der Waals surface area contributed by atoms with Gasteiger partial charge >= 0.3 is 0 Å². The van der Waals surface area contributed by atoms with E-state index in [9.17, 15) is 0 Å². The number of nitrogens with one attached hydrogen (secondary N) is 1. The summed E-state index contributed by atoms with van der Waals surface area (Å²) in [5, 5.41) is 8.08. The van der Waals surface area contributed by atoms with Crippen molar-refractivity contribution in [2.75, 3.05) is 9.80 Å². The zero-order chi connectivity index (χ0) is 44.6. The molecular weight excluding hydrogens is 779 g/mol. The third-order valence-electron chi connectivity index (χ3n) is 14.7. The molecule has 0 fully saturated rings. The van der Waals surface area contributed by atoms with Crippen molar-refractivity contribution in [3.8, 4) is 11.1 Å². The molecule has 0 radical (unpaired) electrons. The lowest BCUT2D eigenvalue weighted by Gasteiger charge is -2.42. The summed E-state index contributed by atoms with van der Waals surface area (Å²) >= 11 is 0. The van der Waals surface area contributed by atoms with Gasteiger partial charge in [-0.15, -0.1) is 0 Å². The zero-order valence-corrected chi connectivity index (χ0v) is 38.8. The number of fused-ring (bicyclic) bond motifs is 7. The highest BCUT2D eigenvalue weighted by molar-refractivity contribution is 5.90. The molecule has 8 aromatic rings. The lowest BCUT2D eigenvalue weighted by atomic mass is 9.69. The monoisotopic (exact) mass is 835 g/mol. The van der Waals surface area contributed by atoms with Crippen LogP contribution in [0, 0.1) is 0 Å². The van der Waals surface area contributed by atoms with Crippen molar-refractivity contribution in [1.82, 2.24) is 15.2 Å². The summed E-state index contributed by atoms with van der Waals surface area (Å²) in [6, 6.07) is 56.9. The van der Waals surface area contributed by atoms with Crippen LogP contribution in [0.2, 0.25) is 0 Å². The highest BCUT2D eigenvalue weighted by Crippen LogP contribution is 2.59. The number of benzene rings is 6. The minimum absolute atomic E-state index is 0.0415. The van der Waals surface area contributed by atoms with Crippen LogP contribution in [0.3, 0.4) is 0 Å². The Bertz CT molecular complexity index is 3050. The number of nitrogens with zero attached hydrogens (tertiary/aromatic N) is 4. The standard InChI is InChI=1S/C59H57N5/c1-55(2,3)37-29-31-43-41(34-37)42-35-38(56(4,5)6)30-32-44(42)59(43,39-19-17-20-40(33-39)63-49-24-14-11-21-45(49)58(9,10)48-36-60-62-54(48)63)52-27-18-28-53(61-52)64-50-25-15-12-22-46(50)57(7,8)47-23-13-16-26-51(47)64/h11-36H,1-10H3,(H,60,62). The molecule has 0 unspecified atom stereocenters. The van der Waals surface area contributed by atoms with Crippen molar-refractivity contribution >= 4 is 34.4 Å². The van der Waals surface area contributed by atoms with Gasteiger partial charge in [0.05, 0.1) is 34.4 Å². The van der Waals surface area contributed by atoms with Crippen LogP contribution in [-0.2, 0) is 27.1 Å². The van der Waals surface area contributed by atoms with E-state index in [1.54, 1.807) is 0 Å². The van der Waals surface area contributed by atoms with Crippen molar-refractivity contribution in [1.29, 1.82) is 0 Å². The van der Waals surface area contributed by atoms with Crippen LogP contribution in [0.5, 0.6) is 0 Å². The van der Waals surface area contributed by atoms with E-state index in [1.165, 1.54) is 55.6 Å². The Morgan fingerprint density at radius 1 is 0.469 bits per heavy atom. The van der Waals surface area contributed by atoms with Crippen molar-refractivity contribution in [3.63, 3.8) is 0 Å². The number of rotatable bonds is 4. The summed E-state index contributed by atoms with van der Waals surface area (Å²) < 4.78 is 0. The lowest BCUT2D eigenvalue weighted by Crippen LogP contribution is -2.33. The molecule has 5 nitrogen and oxygen atoms in total. The van der Waals surface area contributed by atoms with Crippen LogP contribution in [0.15, 0.2) is 158 Å². The van der Waals surface area contributed by atoms with E-state index in [0.29, 0.717) is 0 Å². The van der Waals surface area contributed by atoms with Crippen LogP contribution in [-0.4, -0.2) is 15.2 Å². The molecule has 64 heavy (non-hydrogen) atoms. The summed E-state index contributed by atoms with van der Waals surface area (Å²) in [4.78, 5) is 10.7. The Morgan fingerprint density at radius 2 is 0.969 bits per heavy atom. The van der Waals surface area contributed by atoms with Crippen molar-refractivity contribution in [2.45, 2.75) is 96.3 Å². The average molecular weight is 836 g/mol. The second-order valence-corrected chi connectivity index (χ2v) is 21.3. The smallest absolute Gasteiger partial charge is 0.137 e. The molecule has 0 atom stereocenters. The third kappa shape index (κ3) is 5.62. The van der Waals surface area contributed by atoms with Crippen LogP contribution >= 0.6 is 0 Å².